The molecular weight excluding hydrogens is 280 g/mol. The second-order valence-electron chi connectivity index (χ2n) is 4.34. The summed E-state index contributed by atoms with van der Waals surface area (Å²) >= 11 is 0. The molecule has 0 bridgehead atoms. The maximum Gasteiger partial charge on any atom is 0.335 e. The van der Waals surface area contributed by atoms with E-state index in [9.17, 15) is 13.2 Å². The fourth-order valence-corrected chi connectivity index (χ4v) is 2.79. The number of hydrogen-bond acceptors (Lipinski definition) is 3. The van der Waals surface area contributed by atoms with Crippen LogP contribution in [-0.2, 0) is 23.6 Å². The maximum atomic E-state index is 12.1. The van der Waals surface area contributed by atoms with Crippen LogP contribution in [0, 0.1) is 0 Å². The number of sulfonamides is 1. The molecule has 106 valence electrons. The summed E-state index contributed by atoms with van der Waals surface area (Å²) in [6.45, 7) is 0.153. The van der Waals surface area contributed by atoms with E-state index in [0.29, 0.717) is 0 Å². The lowest BCUT2D eigenvalue weighted by Gasteiger charge is -2.06. The van der Waals surface area contributed by atoms with Crippen molar-refractivity contribution in [3.63, 3.8) is 0 Å². The number of carbonyl (C=O) groups is 1. The summed E-state index contributed by atoms with van der Waals surface area (Å²) in [7, 11) is -1.89. The molecule has 7 heteroatoms. The van der Waals surface area contributed by atoms with Crippen LogP contribution in [0.2, 0.25) is 0 Å². The molecule has 2 rings (SSSR count). The van der Waals surface area contributed by atoms with E-state index in [1.54, 1.807) is 12.3 Å². The molecule has 0 spiro atoms. The van der Waals surface area contributed by atoms with Crippen molar-refractivity contribution in [2.24, 2.45) is 7.05 Å². The Kier molecular flexibility index (Phi) is 3.91. The number of nitrogens with one attached hydrogen (secondary N) is 1. The average Bonchev–Trinajstić information content (AvgIpc) is 2.82. The third kappa shape index (κ3) is 3.25. The van der Waals surface area contributed by atoms with Crippen molar-refractivity contribution >= 4 is 16.0 Å². The molecule has 0 amide bonds. The second kappa shape index (κ2) is 5.48. The molecule has 2 N–H and O–H groups in total. The quantitative estimate of drug-likeness (QED) is 0.867. The summed E-state index contributed by atoms with van der Waals surface area (Å²) in [6.07, 6.45) is 3.62. The standard InChI is InChI=1S/C13H14N2O4S/c1-15-6-5-10(9-15)8-14-20(18,19)12-4-2-3-11(7-12)13(16)17/h2-7,9,14H,8H2,1H3,(H,16,17). The van der Waals surface area contributed by atoms with Crippen molar-refractivity contribution in [1.29, 1.82) is 0 Å². The number of nitrogens with zero attached hydrogens (tertiary/aromatic N) is 1. The van der Waals surface area contributed by atoms with Crippen LogP contribution in [0.1, 0.15) is 15.9 Å². The highest BCUT2D eigenvalue weighted by molar-refractivity contribution is 7.89. The van der Waals surface area contributed by atoms with Gasteiger partial charge in [0.1, 0.15) is 0 Å². The van der Waals surface area contributed by atoms with Crippen LogP contribution in [0.5, 0.6) is 0 Å². The number of hydrogen-bond donors (Lipinski definition) is 2. The number of carboxylic acid groups (broad SMARTS) is 1. The van der Waals surface area contributed by atoms with Crippen LogP contribution >= 0.6 is 0 Å². The van der Waals surface area contributed by atoms with Crippen molar-refractivity contribution < 1.29 is 18.3 Å². The van der Waals surface area contributed by atoms with Gasteiger partial charge in [-0.1, -0.05) is 6.07 Å². The molecule has 0 aliphatic rings. The third-order valence-electron chi connectivity index (χ3n) is 2.75. The van der Waals surface area contributed by atoms with Crippen LogP contribution < -0.4 is 4.72 Å². The molecule has 20 heavy (non-hydrogen) atoms. The van der Waals surface area contributed by atoms with Gasteiger partial charge in [-0.3, -0.25) is 0 Å². The minimum absolute atomic E-state index is 0.0617. The lowest BCUT2D eigenvalue weighted by atomic mass is 10.2. The maximum absolute atomic E-state index is 12.1. The minimum atomic E-state index is -3.73. The van der Waals surface area contributed by atoms with Crippen LogP contribution in [-0.4, -0.2) is 24.1 Å². The normalized spacial score (nSPS) is 11.4. The van der Waals surface area contributed by atoms with Crippen molar-refractivity contribution in [2.75, 3.05) is 0 Å². The van der Waals surface area contributed by atoms with Crippen molar-refractivity contribution in [2.45, 2.75) is 11.4 Å². The van der Waals surface area contributed by atoms with Gasteiger partial charge in [0.15, 0.2) is 0 Å². The van der Waals surface area contributed by atoms with Gasteiger partial charge in [0, 0.05) is 26.0 Å². The summed E-state index contributed by atoms with van der Waals surface area (Å²) in [5.41, 5.74) is 0.762. The highest BCUT2D eigenvalue weighted by Crippen LogP contribution is 2.12. The molecule has 0 radical (unpaired) electrons. The number of benzene rings is 1. The lowest BCUT2D eigenvalue weighted by Crippen LogP contribution is -2.23. The zero-order valence-corrected chi connectivity index (χ0v) is 11.6. The first-order valence-electron chi connectivity index (χ1n) is 5.82. The highest BCUT2D eigenvalue weighted by Gasteiger charge is 2.15. The van der Waals surface area contributed by atoms with Crippen molar-refractivity contribution in [1.82, 2.24) is 9.29 Å². The zero-order chi connectivity index (χ0) is 14.8. The van der Waals surface area contributed by atoms with E-state index in [4.69, 9.17) is 5.11 Å². The van der Waals surface area contributed by atoms with Crippen LogP contribution in [0.25, 0.3) is 0 Å². The molecule has 0 atom stereocenters. The monoisotopic (exact) mass is 294 g/mol. The van der Waals surface area contributed by atoms with E-state index in [2.05, 4.69) is 4.72 Å². The largest absolute Gasteiger partial charge is 0.478 e. The Morgan fingerprint density at radius 3 is 2.70 bits per heavy atom. The summed E-state index contributed by atoms with van der Waals surface area (Å²) in [6, 6.07) is 7.05. The lowest BCUT2D eigenvalue weighted by molar-refractivity contribution is 0.0696. The Hall–Kier alpha value is -2.12. The predicted molar refractivity (Wildman–Crippen MR) is 72.8 cm³/mol. The summed E-state index contributed by atoms with van der Waals surface area (Å²) in [5.74, 6) is -1.16. The Bertz CT molecular complexity index is 734. The van der Waals surface area contributed by atoms with E-state index < -0.39 is 16.0 Å². The van der Waals surface area contributed by atoms with Gasteiger partial charge in [-0.15, -0.1) is 0 Å². The molecule has 1 aromatic carbocycles. The molecule has 0 aliphatic heterocycles. The number of carboxylic acids is 1. The molecule has 0 unspecified atom stereocenters. The fraction of sp³-hybridized carbons (Fsp3) is 0.154. The van der Waals surface area contributed by atoms with Gasteiger partial charge in [-0.25, -0.2) is 17.9 Å². The van der Waals surface area contributed by atoms with Crippen LogP contribution in [0.3, 0.4) is 0 Å². The summed E-state index contributed by atoms with van der Waals surface area (Å²) in [4.78, 5) is 10.8. The fourth-order valence-electron chi connectivity index (χ4n) is 1.72. The van der Waals surface area contributed by atoms with E-state index in [1.807, 2.05) is 17.8 Å². The van der Waals surface area contributed by atoms with Gasteiger partial charge in [0.25, 0.3) is 0 Å². The molecule has 0 saturated carbocycles. The van der Waals surface area contributed by atoms with Gasteiger partial charge in [0.05, 0.1) is 10.5 Å². The number of rotatable bonds is 5. The van der Waals surface area contributed by atoms with E-state index >= 15 is 0 Å². The molecule has 1 heterocycles. The number of aryl methyl sites for hydroxylation is 1. The number of aromatic nitrogens is 1. The first-order valence-corrected chi connectivity index (χ1v) is 7.31. The smallest absolute Gasteiger partial charge is 0.335 e. The van der Waals surface area contributed by atoms with Crippen LogP contribution in [0.4, 0.5) is 0 Å². The molecule has 0 fully saturated rings. The van der Waals surface area contributed by atoms with Gasteiger partial charge in [-0.2, -0.15) is 0 Å². The zero-order valence-electron chi connectivity index (χ0n) is 10.8. The van der Waals surface area contributed by atoms with Crippen molar-refractivity contribution in [3.8, 4) is 0 Å². The van der Waals surface area contributed by atoms with Gasteiger partial charge < -0.3 is 9.67 Å². The molecule has 6 nitrogen and oxygen atoms in total. The van der Waals surface area contributed by atoms with Crippen molar-refractivity contribution in [3.05, 3.63) is 53.9 Å². The predicted octanol–water partition coefficient (Wildman–Crippen LogP) is 1.20. The molecule has 0 saturated heterocycles. The Morgan fingerprint density at radius 1 is 1.35 bits per heavy atom. The third-order valence-corrected chi connectivity index (χ3v) is 4.15. The van der Waals surface area contributed by atoms with E-state index in [0.717, 1.165) is 11.6 Å². The Morgan fingerprint density at radius 2 is 2.10 bits per heavy atom. The molecule has 0 aliphatic carbocycles. The minimum Gasteiger partial charge on any atom is -0.478 e. The summed E-state index contributed by atoms with van der Waals surface area (Å²) < 4.78 is 28.4. The molecular formula is C13H14N2O4S. The molecule has 1 aromatic heterocycles. The van der Waals surface area contributed by atoms with E-state index in [-0.39, 0.29) is 17.0 Å². The highest BCUT2D eigenvalue weighted by atomic mass is 32.2. The van der Waals surface area contributed by atoms with Gasteiger partial charge >= 0.3 is 5.97 Å². The topological polar surface area (TPSA) is 88.4 Å². The summed E-state index contributed by atoms with van der Waals surface area (Å²) in [5, 5.41) is 8.87. The SMILES string of the molecule is Cn1ccc(CNS(=O)(=O)c2cccc(C(=O)O)c2)c1. The first kappa shape index (κ1) is 14.3. The van der Waals surface area contributed by atoms with Gasteiger partial charge in [-0.05, 0) is 29.8 Å². The Labute approximate surface area is 116 Å². The average molecular weight is 294 g/mol. The first-order chi connectivity index (χ1) is 9.38. The Balaban J connectivity index is 2.17. The second-order valence-corrected chi connectivity index (χ2v) is 6.11. The molecule has 2 aromatic rings. The van der Waals surface area contributed by atoms with Gasteiger partial charge in [0.2, 0.25) is 10.0 Å². The number of aromatic carboxylic acids is 1. The van der Waals surface area contributed by atoms with E-state index in [1.165, 1.54) is 18.2 Å². The van der Waals surface area contributed by atoms with Crippen LogP contribution in [0.15, 0.2) is 47.6 Å².